The molecule has 0 N–H and O–H groups in total. The van der Waals surface area contributed by atoms with Crippen molar-refractivity contribution in [2.24, 2.45) is 5.92 Å². The summed E-state index contributed by atoms with van der Waals surface area (Å²) >= 11 is 0. The van der Waals surface area contributed by atoms with E-state index in [0.717, 1.165) is 31.7 Å². The zero-order valence-electron chi connectivity index (χ0n) is 12.0. The highest BCUT2D eigenvalue weighted by molar-refractivity contribution is 5.98. The maximum absolute atomic E-state index is 13.0. The lowest BCUT2D eigenvalue weighted by Gasteiger charge is -2.18. The van der Waals surface area contributed by atoms with Crippen LogP contribution in [0.4, 0.5) is 17.6 Å². The highest BCUT2D eigenvalue weighted by Crippen LogP contribution is 2.32. The molecule has 1 fully saturated rings. The van der Waals surface area contributed by atoms with Gasteiger partial charge in [-0.05, 0) is 24.5 Å². The molecule has 1 saturated carbocycles. The van der Waals surface area contributed by atoms with Gasteiger partial charge in [-0.15, -0.1) is 0 Å². The minimum absolute atomic E-state index is 0.0687. The number of Topliss-reactive ketones (excluding diaryl/α,β-unsaturated/α-hetero) is 1. The third kappa shape index (κ3) is 4.21. The molecule has 122 valence electrons. The highest BCUT2D eigenvalue weighted by atomic mass is 19.3. The summed E-state index contributed by atoms with van der Waals surface area (Å²) in [6, 6.07) is 5.30. The fourth-order valence-electron chi connectivity index (χ4n) is 2.75. The lowest BCUT2D eigenvalue weighted by Crippen LogP contribution is -2.34. The van der Waals surface area contributed by atoms with Crippen molar-refractivity contribution in [3.05, 3.63) is 29.8 Å². The number of carbonyl (C=O) groups is 1. The molecule has 0 amide bonds. The first kappa shape index (κ1) is 16.8. The van der Waals surface area contributed by atoms with Crippen LogP contribution in [0.1, 0.15) is 48.9 Å². The fraction of sp³-hybridized carbons (Fsp3) is 0.562. The number of halogens is 4. The second-order valence-electron chi connectivity index (χ2n) is 5.57. The summed E-state index contributed by atoms with van der Waals surface area (Å²) in [5.41, 5.74) is -0.0687. The van der Waals surface area contributed by atoms with E-state index >= 15 is 0 Å². The van der Waals surface area contributed by atoms with Crippen LogP contribution in [0.25, 0.3) is 0 Å². The number of hydrogen-bond donors (Lipinski definition) is 0. The van der Waals surface area contributed by atoms with Gasteiger partial charge in [0, 0.05) is 6.42 Å². The topological polar surface area (TPSA) is 26.3 Å². The van der Waals surface area contributed by atoms with Gasteiger partial charge in [-0.25, -0.2) is 0 Å². The van der Waals surface area contributed by atoms with Crippen LogP contribution in [0.5, 0.6) is 5.75 Å². The predicted molar refractivity (Wildman–Crippen MR) is 73.5 cm³/mol. The molecular formula is C16H18F4O2. The molecule has 2 rings (SSSR count). The van der Waals surface area contributed by atoms with Gasteiger partial charge in [0.15, 0.2) is 5.78 Å². The quantitative estimate of drug-likeness (QED) is 0.518. The van der Waals surface area contributed by atoms with Crippen molar-refractivity contribution < 1.29 is 27.1 Å². The largest absolute Gasteiger partial charge is 0.461 e. The van der Waals surface area contributed by atoms with Crippen molar-refractivity contribution in [3.8, 4) is 5.75 Å². The summed E-state index contributed by atoms with van der Waals surface area (Å²) in [5, 5.41) is 0. The summed E-state index contributed by atoms with van der Waals surface area (Å²) < 4.78 is 54.6. The second-order valence-corrected chi connectivity index (χ2v) is 5.57. The Kier molecular flexibility index (Phi) is 5.42. The van der Waals surface area contributed by atoms with E-state index in [1.54, 1.807) is 0 Å². The molecule has 0 unspecified atom stereocenters. The number of carbonyl (C=O) groups excluding carboxylic acids is 1. The van der Waals surface area contributed by atoms with Crippen LogP contribution < -0.4 is 4.74 Å². The molecule has 1 aromatic carbocycles. The van der Waals surface area contributed by atoms with Gasteiger partial charge in [-0.1, -0.05) is 37.8 Å². The summed E-state index contributed by atoms with van der Waals surface area (Å²) in [4.78, 5) is 12.2. The van der Waals surface area contributed by atoms with Crippen LogP contribution in [0.15, 0.2) is 24.3 Å². The Labute approximate surface area is 126 Å². The molecule has 0 radical (unpaired) electrons. The second kappa shape index (κ2) is 7.11. The van der Waals surface area contributed by atoms with Crippen molar-refractivity contribution in [2.75, 3.05) is 0 Å². The van der Waals surface area contributed by atoms with Crippen LogP contribution in [0, 0.1) is 5.92 Å². The fourth-order valence-corrected chi connectivity index (χ4v) is 2.75. The monoisotopic (exact) mass is 318 g/mol. The van der Waals surface area contributed by atoms with Crippen LogP contribution in [-0.4, -0.2) is 18.3 Å². The lowest BCUT2D eigenvalue weighted by molar-refractivity contribution is -0.253. The van der Waals surface area contributed by atoms with Gasteiger partial charge in [0.25, 0.3) is 0 Å². The van der Waals surface area contributed by atoms with E-state index in [0.29, 0.717) is 12.3 Å². The molecule has 6 heteroatoms. The van der Waals surface area contributed by atoms with Gasteiger partial charge in [0.2, 0.25) is 0 Å². The normalized spacial score (nSPS) is 16.2. The molecule has 0 bridgehead atoms. The Hall–Kier alpha value is -1.59. The third-order valence-electron chi connectivity index (χ3n) is 3.94. The van der Waals surface area contributed by atoms with Crippen molar-refractivity contribution in [1.29, 1.82) is 0 Å². The van der Waals surface area contributed by atoms with Crippen molar-refractivity contribution in [1.82, 2.24) is 0 Å². The van der Waals surface area contributed by atoms with Crippen LogP contribution in [0.2, 0.25) is 0 Å². The van der Waals surface area contributed by atoms with Crippen LogP contribution >= 0.6 is 0 Å². The van der Waals surface area contributed by atoms with Gasteiger partial charge in [-0.2, -0.15) is 17.6 Å². The summed E-state index contributed by atoms with van der Waals surface area (Å²) in [6.07, 6.45) is -3.19. The Bertz CT molecular complexity index is 511. The maximum atomic E-state index is 13.0. The van der Waals surface area contributed by atoms with E-state index in [4.69, 9.17) is 0 Å². The van der Waals surface area contributed by atoms with E-state index in [1.807, 2.05) is 0 Å². The van der Waals surface area contributed by atoms with Gasteiger partial charge in [-0.3, -0.25) is 4.79 Å². The SMILES string of the molecule is O=C(CCC1CCCC1)c1ccccc1OC(F)(F)C(F)F. The standard InChI is InChI=1S/C16H18F4O2/c17-15(18)16(19,20)22-14-8-4-3-7-12(14)13(21)10-9-11-5-1-2-6-11/h3-4,7-8,11,15H,1-2,5-6,9-10H2. The Balaban J connectivity index is 2.05. The average molecular weight is 318 g/mol. The van der Waals surface area contributed by atoms with Crippen molar-refractivity contribution >= 4 is 5.78 Å². The first-order valence-corrected chi connectivity index (χ1v) is 7.37. The minimum atomic E-state index is -4.61. The molecule has 1 aliphatic carbocycles. The number of rotatable bonds is 7. The molecule has 0 aromatic heterocycles. The molecule has 0 aliphatic heterocycles. The smallest absolute Gasteiger partial charge is 0.428 e. The van der Waals surface area contributed by atoms with Crippen LogP contribution in [-0.2, 0) is 0 Å². The minimum Gasteiger partial charge on any atom is -0.428 e. The molecule has 0 atom stereocenters. The van der Waals surface area contributed by atoms with Crippen LogP contribution in [0.3, 0.4) is 0 Å². The number of ether oxygens (including phenoxy) is 1. The lowest BCUT2D eigenvalue weighted by atomic mass is 9.97. The summed E-state index contributed by atoms with van der Waals surface area (Å²) in [6.45, 7) is 0. The number of benzene rings is 1. The molecule has 0 saturated heterocycles. The number of alkyl halides is 4. The van der Waals surface area contributed by atoms with Gasteiger partial charge in [0.05, 0.1) is 5.56 Å². The third-order valence-corrected chi connectivity index (χ3v) is 3.94. The Morgan fingerprint density at radius 2 is 1.86 bits per heavy atom. The van der Waals surface area contributed by atoms with E-state index in [2.05, 4.69) is 4.74 Å². The molecular weight excluding hydrogens is 300 g/mol. The van der Waals surface area contributed by atoms with Gasteiger partial charge >= 0.3 is 12.5 Å². The number of hydrogen-bond acceptors (Lipinski definition) is 2. The van der Waals surface area contributed by atoms with Gasteiger partial charge in [0.1, 0.15) is 5.75 Å². The number of para-hydroxylation sites is 1. The Morgan fingerprint density at radius 1 is 1.23 bits per heavy atom. The molecule has 0 spiro atoms. The van der Waals surface area contributed by atoms with E-state index in [1.165, 1.54) is 18.2 Å². The van der Waals surface area contributed by atoms with E-state index in [-0.39, 0.29) is 17.8 Å². The molecule has 22 heavy (non-hydrogen) atoms. The highest BCUT2D eigenvalue weighted by Gasteiger charge is 2.44. The van der Waals surface area contributed by atoms with Gasteiger partial charge < -0.3 is 4.74 Å². The zero-order chi connectivity index (χ0) is 16.2. The zero-order valence-corrected chi connectivity index (χ0v) is 12.0. The summed E-state index contributed by atoms with van der Waals surface area (Å²) in [7, 11) is 0. The maximum Gasteiger partial charge on any atom is 0.461 e. The molecule has 0 heterocycles. The van der Waals surface area contributed by atoms with E-state index in [9.17, 15) is 22.4 Å². The first-order chi connectivity index (χ1) is 10.4. The Morgan fingerprint density at radius 3 is 2.50 bits per heavy atom. The molecule has 2 nitrogen and oxygen atoms in total. The van der Waals surface area contributed by atoms with Crippen molar-refractivity contribution in [3.63, 3.8) is 0 Å². The average Bonchev–Trinajstić information content (AvgIpc) is 2.98. The van der Waals surface area contributed by atoms with Crippen molar-refractivity contribution in [2.45, 2.75) is 51.1 Å². The molecule has 1 aromatic rings. The number of ketones is 1. The molecule has 1 aliphatic rings. The summed E-state index contributed by atoms with van der Waals surface area (Å²) in [5.74, 6) is -0.365. The predicted octanol–water partition coefficient (Wildman–Crippen LogP) is 5.08. The van der Waals surface area contributed by atoms with E-state index < -0.39 is 18.3 Å². The first-order valence-electron chi connectivity index (χ1n) is 7.37.